The molecule has 1 saturated heterocycles. The van der Waals surface area contributed by atoms with Crippen LogP contribution in [0.2, 0.25) is 0 Å². The smallest absolute Gasteiger partial charge is 0.406 e. The highest BCUT2D eigenvalue weighted by Gasteiger charge is 2.72. The van der Waals surface area contributed by atoms with E-state index in [2.05, 4.69) is 25.5 Å². The van der Waals surface area contributed by atoms with Gasteiger partial charge in [-0.2, -0.15) is 0 Å². The van der Waals surface area contributed by atoms with Crippen molar-refractivity contribution in [1.82, 2.24) is 20.2 Å². The van der Waals surface area contributed by atoms with Crippen LogP contribution in [0, 0.1) is 5.41 Å². The van der Waals surface area contributed by atoms with Crippen molar-refractivity contribution in [1.29, 1.82) is 0 Å². The second-order valence-electron chi connectivity index (χ2n) is 7.45. The number of nitrogens with zero attached hydrogens (tertiary/aromatic N) is 5. The maximum Gasteiger partial charge on any atom is 0.421 e. The number of methoxy groups -OCH3 is 1. The van der Waals surface area contributed by atoms with Gasteiger partial charge in [-0.3, -0.25) is 10.1 Å². The monoisotopic (exact) mass is 388 g/mol. The van der Waals surface area contributed by atoms with E-state index in [1.165, 1.54) is 12.4 Å². The number of carbonyl (C=O) groups excluding carboxylic acids is 1. The van der Waals surface area contributed by atoms with Gasteiger partial charge in [-0.1, -0.05) is 10.2 Å². The van der Waals surface area contributed by atoms with Gasteiger partial charge in [0.25, 0.3) is 0 Å². The molecule has 0 radical (unpaired) electrons. The van der Waals surface area contributed by atoms with Gasteiger partial charge in [0.15, 0.2) is 5.75 Å². The van der Waals surface area contributed by atoms with Crippen molar-refractivity contribution in [3.63, 3.8) is 0 Å². The molecule has 0 aromatic carbocycles. The fourth-order valence-corrected chi connectivity index (χ4v) is 4.07. The van der Waals surface area contributed by atoms with Gasteiger partial charge in [-0.15, -0.1) is 0 Å². The molecular weight excluding hydrogens is 368 g/mol. The predicted octanol–water partition coefficient (Wildman–Crippen LogP) is 0.996. The number of anilines is 2. The highest BCUT2D eigenvalue weighted by atomic mass is 16.6. The lowest BCUT2D eigenvalue weighted by molar-refractivity contribution is -0.260. The Kier molecular flexibility index (Phi) is 3.95. The van der Waals surface area contributed by atoms with Gasteiger partial charge in [0.2, 0.25) is 11.9 Å². The van der Waals surface area contributed by atoms with Crippen LogP contribution in [0.4, 0.5) is 12.0 Å². The topological polar surface area (TPSA) is 125 Å². The van der Waals surface area contributed by atoms with Gasteiger partial charge in [0.1, 0.15) is 0 Å². The Morgan fingerprint density at radius 3 is 2.57 bits per heavy atom. The molecule has 28 heavy (non-hydrogen) atoms. The summed E-state index contributed by atoms with van der Waals surface area (Å²) in [5, 5.41) is 10.2. The highest BCUT2D eigenvalue weighted by Crippen LogP contribution is 2.69. The third-order valence-electron chi connectivity index (χ3n) is 5.64. The van der Waals surface area contributed by atoms with E-state index in [1.54, 1.807) is 7.11 Å². The first-order chi connectivity index (χ1) is 13.6. The number of hydrogen-bond acceptors (Lipinski definition) is 10. The van der Waals surface area contributed by atoms with Gasteiger partial charge in [0, 0.05) is 20.2 Å². The summed E-state index contributed by atoms with van der Waals surface area (Å²) in [6.45, 7) is 2.82. The summed E-state index contributed by atoms with van der Waals surface area (Å²) in [6, 6.07) is 0.00190. The molecule has 2 aromatic heterocycles. The van der Waals surface area contributed by atoms with Crippen LogP contribution < -0.4 is 15.0 Å². The third-order valence-corrected chi connectivity index (χ3v) is 5.64. The van der Waals surface area contributed by atoms with E-state index in [1.807, 2.05) is 4.90 Å². The average molecular weight is 388 g/mol. The molecule has 11 heteroatoms. The fraction of sp³-hybridized carbons (Fsp3) is 0.588. The predicted molar refractivity (Wildman–Crippen MR) is 94.1 cm³/mol. The van der Waals surface area contributed by atoms with E-state index >= 15 is 0 Å². The molecule has 4 fully saturated rings. The minimum Gasteiger partial charge on any atom is -0.406 e. The van der Waals surface area contributed by atoms with Crippen molar-refractivity contribution in [2.24, 2.45) is 5.41 Å². The molecule has 1 N–H and O–H groups in total. The molecule has 11 nitrogen and oxygen atoms in total. The standard InChI is InChI=1S/C17H20N6O5/c1-25-17-8-16(9-17,10-17)12(24)20-14-21-22-15(28-14)27-11-6-18-13(19-7-11)23-2-4-26-5-3-23/h6-7H,2-5,8-10H2,1H3,(H,20,21,24). The summed E-state index contributed by atoms with van der Waals surface area (Å²) in [7, 11) is 1.68. The Labute approximate surface area is 160 Å². The van der Waals surface area contributed by atoms with Crippen LogP contribution in [0.3, 0.4) is 0 Å². The number of aromatic nitrogens is 4. The fourth-order valence-electron chi connectivity index (χ4n) is 4.07. The van der Waals surface area contributed by atoms with Crippen molar-refractivity contribution in [3.8, 4) is 11.8 Å². The van der Waals surface area contributed by atoms with Gasteiger partial charge < -0.3 is 23.5 Å². The van der Waals surface area contributed by atoms with Gasteiger partial charge >= 0.3 is 12.1 Å². The Balaban J connectivity index is 1.17. The lowest BCUT2D eigenvalue weighted by atomic mass is 9.41. The maximum atomic E-state index is 12.4. The number of morpholine rings is 1. The second kappa shape index (κ2) is 6.38. The zero-order valence-corrected chi connectivity index (χ0v) is 15.4. The Morgan fingerprint density at radius 1 is 1.18 bits per heavy atom. The summed E-state index contributed by atoms with van der Waals surface area (Å²) in [5.74, 6) is 0.848. The average Bonchev–Trinajstić information content (AvgIpc) is 3.08. The number of carbonyl (C=O) groups is 1. The number of hydrogen-bond donors (Lipinski definition) is 1. The molecule has 6 rings (SSSR count). The summed E-state index contributed by atoms with van der Waals surface area (Å²) in [6.07, 6.45) is 5.16. The van der Waals surface area contributed by atoms with Crippen LogP contribution in [-0.2, 0) is 14.3 Å². The van der Waals surface area contributed by atoms with E-state index in [-0.39, 0.29) is 29.0 Å². The quantitative estimate of drug-likeness (QED) is 0.766. The molecule has 1 aliphatic heterocycles. The lowest BCUT2D eigenvalue weighted by Gasteiger charge is -2.67. The van der Waals surface area contributed by atoms with Crippen molar-refractivity contribution >= 4 is 17.9 Å². The Bertz CT molecular complexity index is 859. The molecule has 0 atom stereocenters. The molecule has 0 unspecified atom stereocenters. The molecule has 2 bridgehead atoms. The normalized spacial score (nSPS) is 28.2. The maximum absolute atomic E-state index is 12.4. The number of amides is 1. The third kappa shape index (κ3) is 2.87. The van der Waals surface area contributed by atoms with Crippen molar-refractivity contribution in [3.05, 3.63) is 12.4 Å². The molecule has 1 amide bonds. The Hall–Kier alpha value is -2.79. The van der Waals surface area contributed by atoms with Gasteiger partial charge in [0.05, 0.1) is 36.6 Å². The molecule has 4 aliphatic rings. The summed E-state index contributed by atoms with van der Waals surface area (Å²) in [5.41, 5.74) is -0.470. The van der Waals surface area contributed by atoms with Crippen molar-refractivity contribution in [2.45, 2.75) is 24.9 Å². The first-order valence-electron chi connectivity index (χ1n) is 9.13. The summed E-state index contributed by atoms with van der Waals surface area (Å²) in [4.78, 5) is 23.0. The molecule has 3 heterocycles. The van der Waals surface area contributed by atoms with E-state index in [4.69, 9.17) is 18.6 Å². The molecule has 3 aliphatic carbocycles. The molecule has 3 saturated carbocycles. The number of rotatable bonds is 6. The minimum atomic E-state index is -0.366. The van der Waals surface area contributed by atoms with Gasteiger partial charge in [-0.05, 0) is 19.3 Å². The van der Waals surface area contributed by atoms with Crippen LogP contribution >= 0.6 is 0 Å². The van der Waals surface area contributed by atoms with Crippen molar-refractivity contribution < 1.29 is 23.4 Å². The largest absolute Gasteiger partial charge is 0.421 e. The first kappa shape index (κ1) is 17.3. The Morgan fingerprint density at radius 2 is 1.89 bits per heavy atom. The van der Waals surface area contributed by atoms with E-state index < -0.39 is 0 Å². The number of nitrogens with one attached hydrogen (secondary N) is 1. The molecular formula is C17H20N6O5. The van der Waals surface area contributed by atoms with E-state index in [0.717, 1.165) is 32.4 Å². The summed E-state index contributed by atoms with van der Waals surface area (Å²) < 4.78 is 21.5. The molecule has 0 spiro atoms. The van der Waals surface area contributed by atoms with Crippen LogP contribution in [0.25, 0.3) is 0 Å². The minimum absolute atomic E-state index is 0.00190. The second-order valence-corrected chi connectivity index (χ2v) is 7.45. The zero-order chi connectivity index (χ0) is 19.2. The first-order valence-corrected chi connectivity index (χ1v) is 9.13. The highest BCUT2D eigenvalue weighted by molar-refractivity contribution is 5.96. The lowest BCUT2D eigenvalue weighted by Crippen LogP contribution is -2.72. The van der Waals surface area contributed by atoms with Crippen LogP contribution in [0.1, 0.15) is 19.3 Å². The van der Waals surface area contributed by atoms with E-state index in [0.29, 0.717) is 24.9 Å². The zero-order valence-electron chi connectivity index (χ0n) is 15.4. The molecule has 148 valence electrons. The van der Waals surface area contributed by atoms with Crippen LogP contribution in [0.5, 0.6) is 11.8 Å². The van der Waals surface area contributed by atoms with Crippen LogP contribution in [0.15, 0.2) is 16.8 Å². The number of ether oxygens (including phenoxy) is 3. The van der Waals surface area contributed by atoms with Crippen LogP contribution in [-0.4, -0.2) is 65.1 Å². The summed E-state index contributed by atoms with van der Waals surface area (Å²) >= 11 is 0. The van der Waals surface area contributed by atoms with E-state index in [9.17, 15) is 4.79 Å². The van der Waals surface area contributed by atoms with Gasteiger partial charge in [-0.25, -0.2) is 9.97 Å². The molecule has 2 aromatic rings. The SMILES string of the molecule is COC12CC(C(=O)Nc3nnc(Oc4cnc(N5CCOCC5)nc4)o3)(C1)C2. The van der Waals surface area contributed by atoms with Crippen molar-refractivity contribution in [2.75, 3.05) is 43.6 Å².